The maximum atomic E-state index is 12.2. The lowest BCUT2D eigenvalue weighted by Gasteiger charge is -2.35. The molecule has 5 nitrogen and oxygen atoms in total. The van der Waals surface area contributed by atoms with E-state index in [1.165, 1.54) is 11.1 Å². The van der Waals surface area contributed by atoms with Gasteiger partial charge in [0, 0.05) is 37.5 Å². The van der Waals surface area contributed by atoms with Crippen molar-refractivity contribution in [2.75, 3.05) is 31.1 Å². The topological polar surface area (TPSA) is 56.7 Å². The van der Waals surface area contributed by atoms with E-state index in [0.29, 0.717) is 6.42 Å². The van der Waals surface area contributed by atoms with E-state index in [-0.39, 0.29) is 11.7 Å². The highest BCUT2D eigenvalue weighted by atomic mass is 32.1. The molecule has 3 rings (SSSR count). The van der Waals surface area contributed by atoms with Crippen molar-refractivity contribution in [3.63, 3.8) is 0 Å². The van der Waals surface area contributed by atoms with Crippen LogP contribution in [0.25, 0.3) is 0 Å². The Labute approximate surface area is 133 Å². The second kappa shape index (κ2) is 6.79. The molecule has 0 aliphatic carbocycles. The third kappa shape index (κ3) is 3.57. The van der Waals surface area contributed by atoms with Crippen molar-refractivity contribution in [2.24, 2.45) is 0 Å². The van der Waals surface area contributed by atoms with Crippen LogP contribution >= 0.6 is 11.3 Å². The minimum atomic E-state index is 0.172. The average molecular weight is 317 g/mol. The summed E-state index contributed by atoms with van der Waals surface area (Å²) < 4.78 is 0. The Hall–Kier alpha value is -2.08. The number of amides is 1. The normalized spacial score (nSPS) is 15.1. The number of piperazine rings is 1. The summed E-state index contributed by atoms with van der Waals surface area (Å²) in [4.78, 5) is 21.8. The van der Waals surface area contributed by atoms with Gasteiger partial charge in [0.1, 0.15) is 11.6 Å². The molecule has 22 heavy (non-hydrogen) atoms. The maximum Gasteiger partial charge on any atom is 0.223 e. The van der Waals surface area contributed by atoms with E-state index in [9.17, 15) is 9.90 Å². The fourth-order valence-corrected chi connectivity index (χ4v) is 3.30. The number of aromatic nitrogens is 1. The van der Waals surface area contributed by atoms with Gasteiger partial charge in [0.25, 0.3) is 0 Å². The van der Waals surface area contributed by atoms with Crippen LogP contribution in [0.2, 0.25) is 0 Å². The van der Waals surface area contributed by atoms with E-state index in [1.807, 2.05) is 22.4 Å². The summed E-state index contributed by atoms with van der Waals surface area (Å²) in [6.07, 6.45) is 2.86. The summed E-state index contributed by atoms with van der Waals surface area (Å²) in [5.74, 6) is 1.25. The number of anilines is 1. The van der Waals surface area contributed by atoms with Gasteiger partial charge in [0.15, 0.2) is 0 Å². The van der Waals surface area contributed by atoms with Crippen LogP contribution in [-0.4, -0.2) is 47.1 Å². The fourth-order valence-electron chi connectivity index (χ4n) is 2.59. The molecule has 0 atom stereocenters. The third-order valence-corrected chi connectivity index (χ3v) is 4.79. The van der Waals surface area contributed by atoms with Crippen LogP contribution in [0.4, 0.5) is 5.82 Å². The van der Waals surface area contributed by atoms with Gasteiger partial charge in [0.05, 0.1) is 6.20 Å². The predicted molar refractivity (Wildman–Crippen MR) is 87.3 cm³/mol. The Morgan fingerprint density at radius 3 is 2.68 bits per heavy atom. The first-order valence-corrected chi connectivity index (χ1v) is 8.30. The minimum Gasteiger partial charge on any atom is -0.506 e. The molecule has 1 amide bonds. The fraction of sp³-hybridized carbons (Fsp3) is 0.375. The van der Waals surface area contributed by atoms with Gasteiger partial charge < -0.3 is 14.9 Å². The van der Waals surface area contributed by atoms with Crippen LogP contribution < -0.4 is 4.90 Å². The average Bonchev–Trinajstić information content (AvgIpc) is 3.07. The highest BCUT2D eigenvalue weighted by Gasteiger charge is 2.21. The van der Waals surface area contributed by atoms with Gasteiger partial charge in [0.2, 0.25) is 5.91 Å². The summed E-state index contributed by atoms with van der Waals surface area (Å²) in [6, 6.07) is 7.55. The molecule has 3 heterocycles. The maximum absolute atomic E-state index is 12.2. The standard InChI is InChI=1S/C16H19N3O2S/c20-13-3-5-15(17-12-13)18-7-9-19(10-8-18)16(21)6-4-14-2-1-11-22-14/h1-3,5,11-12,20H,4,6-10H2. The summed E-state index contributed by atoms with van der Waals surface area (Å²) >= 11 is 1.70. The number of thiophene rings is 1. The first kappa shape index (κ1) is 14.8. The number of aryl methyl sites for hydroxylation is 1. The number of aromatic hydroxyl groups is 1. The summed E-state index contributed by atoms with van der Waals surface area (Å²) in [5, 5.41) is 11.3. The number of carbonyl (C=O) groups excluding carboxylic acids is 1. The van der Waals surface area contributed by atoms with E-state index in [2.05, 4.69) is 16.0 Å². The zero-order chi connectivity index (χ0) is 15.4. The molecule has 6 heteroatoms. The molecule has 1 saturated heterocycles. The Morgan fingerprint density at radius 2 is 2.05 bits per heavy atom. The largest absolute Gasteiger partial charge is 0.506 e. The zero-order valence-electron chi connectivity index (χ0n) is 12.3. The SMILES string of the molecule is O=C(CCc1cccs1)N1CCN(c2ccc(O)cn2)CC1. The third-order valence-electron chi connectivity index (χ3n) is 3.85. The second-order valence-corrected chi connectivity index (χ2v) is 6.35. The van der Waals surface area contributed by atoms with Crippen molar-refractivity contribution >= 4 is 23.1 Å². The number of carbonyl (C=O) groups is 1. The molecule has 0 radical (unpaired) electrons. The summed E-state index contributed by atoms with van der Waals surface area (Å²) in [5.41, 5.74) is 0. The van der Waals surface area contributed by atoms with Crippen molar-refractivity contribution in [2.45, 2.75) is 12.8 Å². The van der Waals surface area contributed by atoms with Gasteiger partial charge >= 0.3 is 0 Å². The number of nitrogens with zero attached hydrogens (tertiary/aromatic N) is 3. The molecule has 0 bridgehead atoms. The molecule has 1 fully saturated rings. The lowest BCUT2D eigenvalue weighted by Crippen LogP contribution is -2.49. The molecule has 0 aromatic carbocycles. The van der Waals surface area contributed by atoms with E-state index in [0.717, 1.165) is 38.4 Å². The molecule has 116 valence electrons. The van der Waals surface area contributed by atoms with Gasteiger partial charge in [-0.25, -0.2) is 4.98 Å². The molecule has 1 N–H and O–H groups in total. The van der Waals surface area contributed by atoms with Gasteiger partial charge in [-0.3, -0.25) is 4.79 Å². The summed E-state index contributed by atoms with van der Waals surface area (Å²) in [7, 11) is 0. The van der Waals surface area contributed by atoms with Gasteiger partial charge in [-0.05, 0) is 30.0 Å². The van der Waals surface area contributed by atoms with E-state index < -0.39 is 0 Å². The molecule has 0 unspecified atom stereocenters. The van der Waals surface area contributed by atoms with Crippen LogP contribution in [-0.2, 0) is 11.2 Å². The first-order chi connectivity index (χ1) is 10.7. The van der Waals surface area contributed by atoms with E-state index >= 15 is 0 Å². The van der Waals surface area contributed by atoms with Gasteiger partial charge in [-0.1, -0.05) is 6.07 Å². The number of rotatable bonds is 4. The molecule has 0 spiro atoms. The minimum absolute atomic E-state index is 0.172. The Balaban J connectivity index is 1.48. The van der Waals surface area contributed by atoms with E-state index in [1.54, 1.807) is 17.4 Å². The second-order valence-electron chi connectivity index (χ2n) is 5.32. The molecular weight excluding hydrogens is 298 g/mol. The smallest absolute Gasteiger partial charge is 0.223 e. The van der Waals surface area contributed by atoms with Crippen LogP contribution in [0.1, 0.15) is 11.3 Å². The molecule has 2 aromatic heterocycles. The van der Waals surface area contributed by atoms with Crippen LogP contribution in [0.3, 0.4) is 0 Å². The molecule has 0 saturated carbocycles. The first-order valence-electron chi connectivity index (χ1n) is 7.42. The monoisotopic (exact) mass is 317 g/mol. The Bertz CT molecular complexity index is 605. The predicted octanol–water partition coefficient (Wildman–Crippen LogP) is 2.13. The van der Waals surface area contributed by atoms with Gasteiger partial charge in [-0.15, -0.1) is 11.3 Å². The lowest BCUT2D eigenvalue weighted by atomic mass is 10.2. The van der Waals surface area contributed by atoms with E-state index in [4.69, 9.17) is 0 Å². The van der Waals surface area contributed by atoms with Crippen LogP contribution in [0.15, 0.2) is 35.8 Å². The lowest BCUT2D eigenvalue weighted by molar-refractivity contribution is -0.131. The Morgan fingerprint density at radius 1 is 1.23 bits per heavy atom. The molecule has 1 aliphatic rings. The van der Waals surface area contributed by atoms with Crippen molar-refractivity contribution in [3.05, 3.63) is 40.7 Å². The van der Waals surface area contributed by atoms with Crippen LogP contribution in [0.5, 0.6) is 5.75 Å². The molecular formula is C16H19N3O2S. The van der Waals surface area contributed by atoms with Crippen molar-refractivity contribution < 1.29 is 9.90 Å². The van der Waals surface area contributed by atoms with Crippen molar-refractivity contribution in [1.82, 2.24) is 9.88 Å². The Kier molecular flexibility index (Phi) is 4.58. The van der Waals surface area contributed by atoms with Gasteiger partial charge in [-0.2, -0.15) is 0 Å². The summed E-state index contributed by atoms with van der Waals surface area (Å²) in [6.45, 7) is 3.02. The number of hydrogen-bond donors (Lipinski definition) is 1. The van der Waals surface area contributed by atoms with Crippen molar-refractivity contribution in [1.29, 1.82) is 0 Å². The highest BCUT2D eigenvalue weighted by Crippen LogP contribution is 2.17. The zero-order valence-corrected chi connectivity index (χ0v) is 13.1. The number of hydrogen-bond acceptors (Lipinski definition) is 5. The quantitative estimate of drug-likeness (QED) is 0.938. The molecule has 1 aliphatic heterocycles. The number of pyridine rings is 1. The van der Waals surface area contributed by atoms with Crippen molar-refractivity contribution in [3.8, 4) is 5.75 Å². The molecule has 2 aromatic rings. The highest BCUT2D eigenvalue weighted by molar-refractivity contribution is 7.09. The van der Waals surface area contributed by atoms with Crippen LogP contribution in [0, 0.1) is 0 Å².